The van der Waals surface area contributed by atoms with Gasteiger partial charge in [-0.25, -0.2) is 9.67 Å². The molecule has 0 aliphatic heterocycles. The van der Waals surface area contributed by atoms with Gasteiger partial charge in [-0.05, 0) is 55.5 Å². The Morgan fingerprint density at radius 3 is 2.61 bits per heavy atom. The number of aromatic nitrogens is 2. The van der Waals surface area contributed by atoms with E-state index in [1.807, 2.05) is 22.2 Å². The number of nitrogens with zero attached hydrogens (tertiary/aromatic N) is 5. The first-order valence-corrected chi connectivity index (χ1v) is 11.6. The summed E-state index contributed by atoms with van der Waals surface area (Å²) in [5.41, 5.74) is 6.00. The van der Waals surface area contributed by atoms with Crippen molar-refractivity contribution >= 4 is 28.4 Å². The van der Waals surface area contributed by atoms with Gasteiger partial charge in [0.05, 0.1) is 28.2 Å². The normalized spacial score (nSPS) is 15.3. The van der Waals surface area contributed by atoms with Gasteiger partial charge in [-0.15, -0.1) is 11.3 Å². The number of rotatable bonds is 4. The highest BCUT2D eigenvalue weighted by Gasteiger charge is 2.16. The van der Waals surface area contributed by atoms with Gasteiger partial charge < -0.3 is 0 Å². The van der Waals surface area contributed by atoms with Crippen LogP contribution in [-0.4, -0.2) is 20.3 Å². The molecule has 4 aromatic rings. The molecule has 0 saturated carbocycles. The molecule has 0 amide bonds. The monoisotopic (exact) mass is 455 g/mol. The number of benzene rings is 2. The second-order valence-corrected chi connectivity index (χ2v) is 8.59. The second kappa shape index (κ2) is 9.30. The van der Waals surface area contributed by atoms with Crippen LogP contribution in [0.25, 0.3) is 11.3 Å². The summed E-state index contributed by atoms with van der Waals surface area (Å²) in [6.45, 7) is 0. The number of nitro benzene ring substituents is 1. The lowest BCUT2D eigenvalue weighted by Gasteiger charge is -2.10. The lowest BCUT2D eigenvalue weighted by Crippen LogP contribution is -2.15. The predicted molar refractivity (Wildman–Crippen MR) is 130 cm³/mol. The maximum absolute atomic E-state index is 11.1. The van der Waals surface area contributed by atoms with Gasteiger partial charge in [0.25, 0.3) is 5.69 Å². The molecular formula is C25H21N5O2S. The Balaban J connectivity index is 1.69. The number of hydrogen-bond donors (Lipinski definition) is 0. The van der Waals surface area contributed by atoms with E-state index >= 15 is 0 Å². The van der Waals surface area contributed by atoms with Crippen LogP contribution in [0.1, 0.15) is 30.4 Å². The van der Waals surface area contributed by atoms with Gasteiger partial charge in [-0.3, -0.25) is 15.1 Å². The Hall–Kier alpha value is -3.91. The molecule has 2 aromatic carbocycles. The fourth-order valence-electron chi connectivity index (χ4n) is 3.94. The topological polar surface area (TPSA) is 85.7 Å². The number of thiazole rings is 1. The number of fused-ring (bicyclic) bond motifs is 1. The van der Waals surface area contributed by atoms with Crippen LogP contribution < -0.4 is 4.80 Å². The van der Waals surface area contributed by atoms with E-state index in [1.54, 1.807) is 24.5 Å². The van der Waals surface area contributed by atoms with E-state index in [-0.39, 0.29) is 5.69 Å². The molecule has 0 fully saturated rings. The molecule has 1 aliphatic carbocycles. The molecule has 2 heterocycles. The average Bonchev–Trinajstić information content (AvgIpc) is 3.11. The SMILES string of the molecule is O=[N+]([O-])c1ccc(-c2csc(=Nc3cccnc3)n2N=C2CCCCc3ccccc32)cc1. The molecule has 164 valence electrons. The Morgan fingerprint density at radius 2 is 1.82 bits per heavy atom. The van der Waals surface area contributed by atoms with Gasteiger partial charge in [0.1, 0.15) is 0 Å². The largest absolute Gasteiger partial charge is 0.269 e. The third kappa shape index (κ3) is 4.51. The summed E-state index contributed by atoms with van der Waals surface area (Å²) in [6, 6.07) is 18.7. The summed E-state index contributed by atoms with van der Waals surface area (Å²) in [5.74, 6) is 0. The smallest absolute Gasteiger partial charge is 0.262 e. The molecule has 8 heteroatoms. The van der Waals surface area contributed by atoms with E-state index < -0.39 is 4.92 Å². The minimum absolute atomic E-state index is 0.0600. The number of aryl methyl sites for hydroxylation is 1. The number of nitro groups is 1. The van der Waals surface area contributed by atoms with E-state index in [4.69, 9.17) is 10.1 Å². The highest BCUT2D eigenvalue weighted by molar-refractivity contribution is 7.07. The van der Waals surface area contributed by atoms with Gasteiger partial charge in [0.2, 0.25) is 4.80 Å². The van der Waals surface area contributed by atoms with Crippen LogP contribution in [0.15, 0.2) is 88.5 Å². The molecule has 0 bridgehead atoms. The maximum atomic E-state index is 11.1. The summed E-state index contributed by atoms with van der Waals surface area (Å²) in [5, 5.41) is 18.2. The highest BCUT2D eigenvalue weighted by atomic mass is 32.1. The predicted octanol–water partition coefficient (Wildman–Crippen LogP) is 5.73. The molecule has 7 nitrogen and oxygen atoms in total. The number of pyridine rings is 1. The van der Waals surface area contributed by atoms with E-state index in [9.17, 15) is 10.1 Å². The molecule has 1 aliphatic rings. The maximum Gasteiger partial charge on any atom is 0.269 e. The van der Waals surface area contributed by atoms with Gasteiger partial charge >= 0.3 is 0 Å². The van der Waals surface area contributed by atoms with Crippen molar-refractivity contribution in [3.8, 4) is 11.3 Å². The van der Waals surface area contributed by atoms with Gasteiger partial charge in [-0.1, -0.05) is 24.3 Å². The average molecular weight is 456 g/mol. The number of hydrogen-bond acceptors (Lipinski definition) is 6. The standard InChI is InChI=1S/C25H21N5O2S/c31-30(32)21-13-11-19(12-14-21)24-17-33-25(27-20-8-5-15-26-16-20)29(24)28-23-10-4-2-7-18-6-1-3-9-22(18)23/h1,3,5-6,8-9,11-17H,2,4,7,10H2. The van der Waals surface area contributed by atoms with Crippen LogP contribution in [-0.2, 0) is 6.42 Å². The van der Waals surface area contributed by atoms with Crippen LogP contribution in [0, 0.1) is 10.1 Å². The van der Waals surface area contributed by atoms with Crippen molar-refractivity contribution in [2.24, 2.45) is 10.1 Å². The van der Waals surface area contributed by atoms with Crippen molar-refractivity contribution in [2.45, 2.75) is 25.7 Å². The Morgan fingerprint density at radius 1 is 1.00 bits per heavy atom. The van der Waals surface area contributed by atoms with Crippen molar-refractivity contribution in [2.75, 3.05) is 0 Å². The fourth-order valence-corrected chi connectivity index (χ4v) is 4.79. The zero-order valence-corrected chi connectivity index (χ0v) is 18.6. The second-order valence-electron chi connectivity index (χ2n) is 7.75. The minimum atomic E-state index is -0.392. The van der Waals surface area contributed by atoms with Crippen molar-refractivity contribution in [3.63, 3.8) is 0 Å². The van der Waals surface area contributed by atoms with Crippen molar-refractivity contribution < 1.29 is 4.92 Å². The van der Waals surface area contributed by atoms with Crippen LogP contribution >= 0.6 is 11.3 Å². The molecule has 0 saturated heterocycles. The first-order valence-electron chi connectivity index (χ1n) is 10.8. The van der Waals surface area contributed by atoms with E-state index in [1.165, 1.54) is 34.6 Å². The van der Waals surface area contributed by atoms with Gasteiger partial charge in [-0.2, -0.15) is 5.10 Å². The zero-order valence-electron chi connectivity index (χ0n) is 17.8. The zero-order chi connectivity index (χ0) is 22.6. The molecule has 0 spiro atoms. The van der Waals surface area contributed by atoms with E-state index in [0.29, 0.717) is 4.80 Å². The summed E-state index contributed by atoms with van der Waals surface area (Å²) in [6.07, 6.45) is 7.56. The Kier molecular flexibility index (Phi) is 5.91. The molecule has 0 N–H and O–H groups in total. The summed E-state index contributed by atoms with van der Waals surface area (Å²) in [7, 11) is 0. The molecular weight excluding hydrogens is 434 g/mol. The first kappa shape index (κ1) is 21.0. The Labute approximate surface area is 194 Å². The third-order valence-electron chi connectivity index (χ3n) is 5.59. The van der Waals surface area contributed by atoms with Crippen molar-refractivity contribution in [1.82, 2.24) is 9.66 Å². The highest BCUT2D eigenvalue weighted by Crippen LogP contribution is 2.26. The van der Waals surface area contributed by atoms with Crippen LogP contribution in [0.5, 0.6) is 0 Å². The van der Waals surface area contributed by atoms with Crippen LogP contribution in [0.4, 0.5) is 11.4 Å². The van der Waals surface area contributed by atoms with Gasteiger partial charge in [0, 0.05) is 34.8 Å². The lowest BCUT2D eigenvalue weighted by molar-refractivity contribution is -0.384. The Bertz CT molecular complexity index is 1390. The van der Waals surface area contributed by atoms with Gasteiger partial charge in [0.15, 0.2) is 0 Å². The van der Waals surface area contributed by atoms with Crippen LogP contribution in [0.3, 0.4) is 0 Å². The van der Waals surface area contributed by atoms with E-state index in [0.717, 1.165) is 48.3 Å². The summed E-state index contributed by atoms with van der Waals surface area (Å²) in [4.78, 5) is 20.4. The van der Waals surface area contributed by atoms with E-state index in [2.05, 4.69) is 29.2 Å². The molecule has 0 atom stereocenters. The fraction of sp³-hybridized carbons (Fsp3) is 0.160. The molecule has 0 unspecified atom stereocenters. The number of non-ortho nitro benzene ring substituents is 1. The third-order valence-corrected chi connectivity index (χ3v) is 6.40. The molecule has 2 aromatic heterocycles. The van der Waals surface area contributed by atoms with Crippen molar-refractivity contribution in [3.05, 3.63) is 104 Å². The van der Waals surface area contributed by atoms with Crippen LogP contribution in [0.2, 0.25) is 0 Å². The lowest BCUT2D eigenvalue weighted by atomic mass is 10.0. The molecule has 5 rings (SSSR count). The minimum Gasteiger partial charge on any atom is -0.262 e. The summed E-state index contributed by atoms with van der Waals surface area (Å²) < 4.78 is 1.86. The first-order chi connectivity index (χ1) is 16.2. The molecule has 33 heavy (non-hydrogen) atoms. The van der Waals surface area contributed by atoms with Crippen molar-refractivity contribution in [1.29, 1.82) is 0 Å². The quantitative estimate of drug-likeness (QED) is 0.224. The summed E-state index contributed by atoms with van der Waals surface area (Å²) >= 11 is 1.48. The molecule has 0 radical (unpaired) electrons.